The van der Waals surface area contributed by atoms with Crippen LogP contribution in [0.2, 0.25) is 0 Å². The van der Waals surface area contributed by atoms with Crippen molar-refractivity contribution in [3.63, 3.8) is 0 Å². The van der Waals surface area contributed by atoms with Crippen molar-refractivity contribution in [3.8, 4) is 0 Å². The van der Waals surface area contributed by atoms with Crippen LogP contribution in [-0.4, -0.2) is 36.4 Å². The van der Waals surface area contributed by atoms with Gasteiger partial charge in [-0.2, -0.15) is 13.2 Å². The first kappa shape index (κ1) is 20.0. The summed E-state index contributed by atoms with van der Waals surface area (Å²) < 4.78 is 57.7. The Bertz CT molecular complexity index is 1000. The molecular formula is C19H17F4N3O2. The average Bonchev–Trinajstić information content (AvgIpc) is 2.76. The van der Waals surface area contributed by atoms with E-state index >= 15 is 0 Å². The summed E-state index contributed by atoms with van der Waals surface area (Å²) in [5.74, 6) is -0.400. The summed E-state index contributed by atoms with van der Waals surface area (Å²) in [6.07, 6.45) is -3.41. The molecule has 1 N–H and O–H groups in total. The first-order chi connectivity index (χ1) is 13.3. The molecule has 1 heterocycles. The van der Waals surface area contributed by atoms with Crippen molar-refractivity contribution >= 4 is 12.0 Å². The van der Waals surface area contributed by atoms with E-state index in [0.717, 1.165) is 18.3 Å². The fraction of sp³-hybridized carbons (Fsp3) is 0.263. The number of methoxy groups -OCH3 is 1. The van der Waals surface area contributed by atoms with Gasteiger partial charge < -0.3 is 4.74 Å². The van der Waals surface area contributed by atoms with Crippen molar-refractivity contribution in [3.05, 3.63) is 70.0 Å². The third-order valence-electron chi connectivity index (χ3n) is 4.10. The highest BCUT2D eigenvalue weighted by molar-refractivity contribution is 5.90. The van der Waals surface area contributed by atoms with Crippen molar-refractivity contribution in [2.45, 2.75) is 12.2 Å². The number of rotatable bonds is 4. The van der Waals surface area contributed by atoms with E-state index in [1.165, 1.54) is 31.4 Å². The molecule has 1 aliphatic heterocycles. The number of aliphatic imine (C=N–C) groups is 1. The number of hydrogen-bond acceptors (Lipinski definition) is 4. The number of benzene rings is 2. The highest BCUT2D eigenvalue weighted by Gasteiger charge is 2.31. The number of alkyl halides is 3. The average molecular weight is 395 g/mol. The second-order valence-corrected chi connectivity index (χ2v) is 6.08. The molecule has 0 aliphatic carbocycles. The summed E-state index contributed by atoms with van der Waals surface area (Å²) in [5.41, 5.74) is -0.518. The molecule has 0 saturated heterocycles. The van der Waals surface area contributed by atoms with E-state index < -0.39 is 23.6 Å². The van der Waals surface area contributed by atoms with Crippen LogP contribution < -0.4 is 10.6 Å². The number of halogens is 4. The van der Waals surface area contributed by atoms with Gasteiger partial charge in [0.25, 0.3) is 0 Å². The van der Waals surface area contributed by atoms with Gasteiger partial charge in [0.15, 0.2) is 5.84 Å². The number of ether oxygens (including phenoxy) is 1. The standard InChI is InChI=1S/C19H17F4N3O2/c1-28-8-7-24-18-17(12-3-2-4-15(20)10-12)26(27)11-13-9-14(19(21,22)23)5-6-16(13)25-18/h2-6,9-11,17,27H,7-8H2,1H3. The SMILES string of the molecule is COCCN=C1N=c2ccc(C(F)(F)F)cc2=CN(O)C1c1cccc(F)c1. The Morgan fingerprint density at radius 2 is 2.00 bits per heavy atom. The summed E-state index contributed by atoms with van der Waals surface area (Å²) >= 11 is 0. The Morgan fingerprint density at radius 3 is 2.68 bits per heavy atom. The van der Waals surface area contributed by atoms with Gasteiger partial charge in [-0.15, -0.1) is 0 Å². The Hall–Kier alpha value is -2.78. The molecule has 148 valence electrons. The maximum atomic E-state index is 13.7. The van der Waals surface area contributed by atoms with Crippen LogP contribution >= 0.6 is 0 Å². The van der Waals surface area contributed by atoms with Crippen LogP contribution in [-0.2, 0) is 10.9 Å². The molecule has 3 rings (SSSR count). The molecule has 28 heavy (non-hydrogen) atoms. The fourth-order valence-corrected chi connectivity index (χ4v) is 2.81. The molecular weight excluding hydrogens is 378 g/mol. The van der Waals surface area contributed by atoms with Crippen LogP contribution in [0.15, 0.2) is 52.4 Å². The Balaban J connectivity index is 2.18. The van der Waals surface area contributed by atoms with Crippen LogP contribution in [0.4, 0.5) is 17.6 Å². The van der Waals surface area contributed by atoms with E-state index in [2.05, 4.69) is 9.98 Å². The third kappa shape index (κ3) is 4.37. The molecule has 0 amide bonds. The maximum absolute atomic E-state index is 13.7. The quantitative estimate of drug-likeness (QED) is 0.640. The minimum atomic E-state index is -4.53. The molecule has 1 atom stereocenters. The molecule has 0 bridgehead atoms. The van der Waals surface area contributed by atoms with Gasteiger partial charge in [-0.3, -0.25) is 10.2 Å². The first-order valence-electron chi connectivity index (χ1n) is 8.33. The second kappa shape index (κ2) is 8.07. The molecule has 9 heteroatoms. The zero-order chi connectivity index (χ0) is 20.3. The van der Waals surface area contributed by atoms with Gasteiger partial charge in [-0.1, -0.05) is 12.1 Å². The predicted octanol–water partition coefficient (Wildman–Crippen LogP) is 2.69. The molecule has 0 saturated carbocycles. The minimum absolute atomic E-state index is 0.0654. The van der Waals surface area contributed by atoms with Crippen LogP contribution in [0.25, 0.3) is 6.20 Å². The highest BCUT2D eigenvalue weighted by Crippen LogP contribution is 2.28. The van der Waals surface area contributed by atoms with Crippen LogP contribution in [0, 0.1) is 5.82 Å². The monoisotopic (exact) mass is 395 g/mol. The topological polar surface area (TPSA) is 57.4 Å². The lowest BCUT2D eigenvalue weighted by Gasteiger charge is -2.23. The summed E-state index contributed by atoms with van der Waals surface area (Å²) in [4.78, 5) is 8.64. The highest BCUT2D eigenvalue weighted by atomic mass is 19.4. The van der Waals surface area contributed by atoms with Crippen molar-refractivity contribution < 1.29 is 27.5 Å². The lowest BCUT2D eigenvalue weighted by molar-refractivity contribution is -0.137. The molecule has 2 aromatic rings. The number of hydroxylamine groups is 2. The van der Waals surface area contributed by atoms with Gasteiger partial charge in [0, 0.05) is 18.5 Å². The smallest absolute Gasteiger partial charge is 0.383 e. The predicted molar refractivity (Wildman–Crippen MR) is 93.6 cm³/mol. The molecule has 0 fully saturated rings. The largest absolute Gasteiger partial charge is 0.416 e. The lowest BCUT2D eigenvalue weighted by Crippen LogP contribution is -2.28. The van der Waals surface area contributed by atoms with Gasteiger partial charge in [0.2, 0.25) is 0 Å². The van der Waals surface area contributed by atoms with Crippen molar-refractivity contribution in [2.24, 2.45) is 9.98 Å². The molecule has 0 spiro atoms. The van der Waals surface area contributed by atoms with Crippen molar-refractivity contribution in [1.82, 2.24) is 5.06 Å². The number of fused-ring (bicyclic) bond motifs is 1. The Labute approximate surface area is 157 Å². The van der Waals surface area contributed by atoms with E-state index in [0.29, 0.717) is 10.6 Å². The van der Waals surface area contributed by atoms with E-state index in [-0.39, 0.29) is 29.6 Å². The molecule has 1 aliphatic rings. The van der Waals surface area contributed by atoms with Gasteiger partial charge in [0.1, 0.15) is 11.9 Å². The van der Waals surface area contributed by atoms with Gasteiger partial charge in [0.05, 0.1) is 24.1 Å². The van der Waals surface area contributed by atoms with E-state index in [1.54, 1.807) is 6.07 Å². The van der Waals surface area contributed by atoms with Crippen molar-refractivity contribution in [1.29, 1.82) is 0 Å². The Morgan fingerprint density at radius 1 is 1.21 bits per heavy atom. The van der Waals surface area contributed by atoms with E-state index in [9.17, 15) is 22.8 Å². The van der Waals surface area contributed by atoms with Gasteiger partial charge in [-0.05, 0) is 35.9 Å². The maximum Gasteiger partial charge on any atom is 0.416 e. The van der Waals surface area contributed by atoms with E-state index in [4.69, 9.17) is 4.74 Å². The van der Waals surface area contributed by atoms with Crippen LogP contribution in [0.3, 0.4) is 0 Å². The van der Waals surface area contributed by atoms with Crippen LogP contribution in [0.1, 0.15) is 17.2 Å². The second-order valence-electron chi connectivity index (χ2n) is 6.08. The summed E-state index contributed by atoms with van der Waals surface area (Å²) in [6, 6.07) is 7.51. The summed E-state index contributed by atoms with van der Waals surface area (Å²) in [6.45, 7) is 0.495. The molecule has 1 unspecified atom stereocenters. The zero-order valence-electron chi connectivity index (χ0n) is 14.8. The van der Waals surface area contributed by atoms with Gasteiger partial charge in [-0.25, -0.2) is 14.4 Å². The fourth-order valence-electron chi connectivity index (χ4n) is 2.81. The number of amidine groups is 1. The van der Waals surface area contributed by atoms with E-state index in [1.807, 2.05) is 0 Å². The van der Waals surface area contributed by atoms with Crippen LogP contribution in [0.5, 0.6) is 0 Å². The first-order valence-corrected chi connectivity index (χ1v) is 8.33. The number of hydrogen-bond donors (Lipinski definition) is 1. The molecule has 5 nitrogen and oxygen atoms in total. The summed E-state index contributed by atoms with van der Waals surface area (Å²) in [5, 5.41) is 11.5. The Kier molecular flexibility index (Phi) is 5.76. The molecule has 0 radical (unpaired) electrons. The lowest BCUT2D eigenvalue weighted by atomic mass is 10.1. The molecule has 2 aromatic carbocycles. The molecule has 0 aromatic heterocycles. The minimum Gasteiger partial charge on any atom is -0.383 e. The van der Waals surface area contributed by atoms with Crippen molar-refractivity contribution in [2.75, 3.05) is 20.3 Å². The number of nitrogens with zero attached hydrogens (tertiary/aromatic N) is 3. The van der Waals surface area contributed by atoms with Gasteiger partial charge >= 0.3 is 6.18 Å². The summed E-state index contributed by atoms with van der Waals surface area (Å²) in [7, 11) is 1.49. The third-order valence-corrected chi connectivity index (χ3v) is 4.10. The zero-order valence-corrected chi connectivity index (χ0v) is 14.8. The normalized spacial score (nSPS) is 18.3.